The molecule has 0 bridgehead atoms. The van der Waals surface area contributed by atoms with Crippen LogP contribution in [0.2, 0.25) is 0 Å². The van der Waals surface area contributed by atoms with Crippen LogP contribution in [-0.2, 0) is 11.3 Å². The number of guanidine groups is 1. The summed E-state index contributed by atoms with van der Waals surface area (Å²) < 4.78 is 6.00. The lowest BCUT2D eigenvalue weighted by Gasteiger charge is -2.35. The number of halogens is 1. The molecule has 1 saturated heterocycles. The molecule has 1 N–H and O–H groups in total. The SMILES string of the molecule is CN=C(NCc1cccs1)N1CCOC(c2ccccc2C)C1.I. The molecule has 4 nitrogen and oxygen atoms in total. The van der Waals surface area contributed by atoms with Gasteiger partial charge in [-0.3, -0.25) is 4.99 Å². The fourth-order valence-corrected chi connectivity index (χ4v) is 3.53. The lowest BCUT2D eigenvalue weighted by molar-refractivity contribution is -0.00833. The Hall–Kier alpha value is -1.12. The first-order chi connectivity index (χ1) is 11.3. The monoisotopic (exact) mass is 457 g/mol. The molecular formula is C18H24IN3OS. The van der Waals surface area contributed by atoms with Crippen molar-refractivity contribution in [1.82, 2.24) is 10.2 Å². The van der Waals surface area contributed by atoms with E-state index in [0.717, 1.165) is 32.2 Å². The van der Waals surface area contributed by atoms with Crippen molar-refractivity contribution in [2.24, 2.45) is 4.99 Å². The van der Waals surface area contributed by atoms with E-state index in [4.69, 9.17) is 4.74 Å². The predicted molar refractivity (Wildman–Crippen MR) is 111 cm³/mol. The minimum Gasteiger partial charge on any atom is -0.370 e. The van der Waals surface area contributed by atoms with E-state index in [2.05, 4.69) is 63.9 Å². The molecule has 2 aromatic rings. The molecule has 130 valence electrons. The number of aliphatic imine (C=N–C) groups is 1. The molecule has 1 aliphatic heterocycles. The van der Waals surface area contributed by atoms with Crippen molar-refractivity contribution in [2.45, 2.75) is 19.6 Å². The lowest BCUT2D eigenvalue weighted by atomic mass is 10.0. The van der Waals surface area contributed by atoms with Gasteiger partial charge in [0.05, 0.1) is 19.7 Å². The first-order valence-corrected chi connectivity index (χ1v) is 8.81. The zero-order chi connectivity index (χ0) is 16.1. The van der Waals surface area contributed by atoms with Crippen molar-refractivity contribution in [3.63, 3.8) is 0 Å². The average Bonchev–Trinajstić information content (AvgIpc) is 3.10. The Morgan fingerprint density at radius 1 is 1.33 bits per heavy atom. The molecule has 1 atom stereocenters. The molecule has 0 saturated carbocycles. The Morgan fingerprint density at radius 2 is 2.17 bits per heavy atom. The van der Waals surface area contributed by atoms with Crippen molar-refractivity contribution in [3.05, 3.63) is 57.8 Å². The number of aryl methyl sites for hydroxylation is 1. The molecule has 1 fully saturated rings. The van der Waals surface area contributed by atoms with Crippen LogP contribution in [0.25, 0.3) is 0 Å². The van der Waals surface area contributed by atoms with Gasteiger partial charge in [0.1, 0.15) is 6.10 Å². The number of thiophene rings is 1. The predicted octanol–water partition coefficient (Wildman–Crippen LogP) is 3.82. The number of nitrogens with one attached hydrogen (secondary N) is 1. The molecule has 3 rings (SSSR count). The highest BCUT2D eigenvalue weighted by Crippen LogP contribution is 2.25. The Labute approximate surface area is 165 Å². The van der Waals surface area contributed by atoms with Gasteiger partial charge in [-0.1, -0.05) is 30.3 Å². The van der Waals surface area contributed by atoms with Crippen LogP contribution in [0.15, 0.2) is 46.8 Å². The smallest absolute Gasteiger partial charge is 0.194 e. The molecule has 2 heterocycles. The summed E-state index contributed by atoms with van der Waals surface area (Å²) in [7, 11) is 1.84. The molecule has 0 spiro atoms. The zero-order valence-corrected chi connectivity index (χ0v) is 17.2. The van der Waals surface area contributed by atoms with Gasteiger partial charge in [0.15, 0.2) is 5.96 Å². The first kappa shape index (κ1) is 19.2. The fourth-order valence-electron chi connectivity index (χ4n) is 2.89. The third-order valence-corrected chi connectivity index (χ3v) is 4.99. The van der Waals surface area contributed by atoms with Crippen molar-refractivity contribution in [2.75, 3.05) is 26.7 Å². The van der Waals surface area contributed by atoms with Crippen molar-refractivity contribution < 1.29 is 4.74 Å². The molecule has 1 aliphatic rings. The second-order valence-electron chi connectivity index (χ2n) is 5.64. The second kappa shape index (κ2) is 9.39. The number of hydrogen-bond donors (Lipinski definition) is 1. The second-order valence-corrected chi connectivity index (χ2v) is 6.67. The first-order valence-electron chi connectivity index (χ1n) is 7.93. The van der Waals surface area contributed by atoms with Gasteiger partial charge < -0.3 is 15.0 Å². The van der Waals surface area contributed by atoms with Gasteiger partial charge in [0.25, 0.3) is 0 Å². The van der Waals surface area contributed by atoms with Crippen molar-refractivity contribution in [1.29, 1.82) is 0 Å². The van der Waals surface area contributed by atoms with Gasteiger partial charge in [0.2, 0.25) is 0 Å². The standard InChI is InChI=1S/C18H23N3OS.HI/c1-14-6-3-4-8-16(14)17-13-21(9-10-22-17)18(19-2)20-12-15-7-5-11-23-15;/h3-8,11,17H,9-10,12-13H2,1-2H3,(H,19,20);1H. The minimum atomic E-state index is 0. The summed E-state index contributed by atoms with van der Waals surface area (Å²) in [6, 6.07) is 12.7. The van der Waals surface area contributed by atoms with E-state index in [1.165, 1.54) is 16.0 Å². The summed E-state index contributed by atoms with van der Waals surface area (Å²) in [5.74, 6) is 0.945. The van der Waals surface area contributed by atoms with Crippen molar-refractivity contribution in [3.8, 4) is 0 Å². The van der Waals surface area contributed by atoms with Crippen LogP contribution >= 0.6 is 35.3 Å². The molecule has 0 radical (unpaired) electrons. The maximum Gasteiger partial charge on any atom is 0.194 e. The molecule has 1 aromatic heterocycles. The number of ether oxygens (including phenoxy) is 1. The number of rotatable bonds is 3. The van der Waals surface area contributed by atoms with E-state index in [-0.39, 0.29) is 30.1 Å². The van der Waals surface area contributed by atoms with Crippen LogP contribution < -0.4 is 5.32 Å². The van der Waals surface area contributed by atoms with Gasteiger partial charge in [0, 0.05) is 18.5 Å². The maximum atomic E-state index is 6.00. The normalized spacial score (nSPS) is 18.2. The van der Waals surface area contributed by atoms with Crippen LogP contribution in [-0.4, -0.2) is 37.6 Å². The Bertz CT molecular complexity index is 660. The van der Waals surface area contributed by atoms with Crippen molar-refractivity contribution >= 4 is 41.3 Å². The molecular weight excluding hydrogens is 433 g/mol. The zero-order valence-electron chi connectivity index (χ0n) is 14.1. The summed E-state index contributed by atoms with van der Waals surface area (Å²) >= 11 is 1.76. The van der Waals surface area contributed by atoms with E-state index >= 15 is 0 Å². The van der Waals surface area contributed by atoms with E-state index < -0.39 is 0 Å². The molecule has 6 heteroatoms. The quantitative estimate of drug-likeness (QED) is 0.433. The number of morpholine rings is 1. The van der Waals surface area contributed by atoms with E-state index in [0.29, 0.717) is 0 Å². The molecule has 24 heavy (non-hydrogen) atoms. The van der Waals surface area contributed by atoms with Crippen LogP contribution in [0.4, 0.5) is 0 Å². The highest BCUT2D eigenvalue weighted by atomic mass is 127. The van der Waals surface area contributed by atoms with Crippen LogP contribution in [0.5, 0.6) is 0 Å². The third-order valence-electron chi connectivity index (χ3n) is 4.11. The molecule has 0 aliphatic carbocycles. The van der Waals surface area contributed by atoms with Crippen LogP contribution in [0, 0.1) is 6.92 Å². The van der Waals surface area contributed by atoms with Crippen LogP contribution in [0.3, 0.4) is 0 Å². The molecule has 0 amide bonds. The Balaban J connectivity index is 0.00000208. The summed E-state index contributed by atoms with van der Waals surface area (Å²) in [5, 5.41) is 5.56. The maximum absolute atomic E-state index is 6.00. The molecule has 1 unspecified atom stereocenters. The highest BCUT2D eigenvalue weighted by Gasteiger charge is 2.25. The van der Waals surface area contributed by atoms with Gasteiger partial charge in [-0.25, -0.2) is 0 Å². The van der Waals surface area contributed by atoms with Gasteiger partial charge in [-0.05, 0) is 29.5 Å². The third kappa shape index (κ3) is 4.70. The van der Waals surface area contributed by atoms with Gasteiger partial charge in [-0.2, -0.15) is 0 Å². The molecule has 1 aromatic carbocycles. The van der Waals surface area contributed by atoms with E-state index in [1.54, 1.807) is 11.3 Å². The Kier molecular flexibility index (Phi) is 7.51. The summed E-state index contributed by atoms with van der Waals surface area (Å²) in [4.78, 5) is 8.04. The number of benzene rings is 1. The van der Waals surface area contributed by atoms with E-state index in [1.807, 2.05) is 7.05 Å². The summed E-state index contributed by atoms with van der Waals surface area (Å²) in [6.45, 7) is 5.37. The summed E-state index contributed by atoms with van der Waals surface area (Å²) in [6.07, 6.45) is 0.102. The number of hydrogen-bond acceptors (Lipinski definition) is 3. The lowest BCUT2D eigenvalue weighted by Crippen LogP contribution is -2.48. The summed E-state index contributed by atoms with van der Waals surface area (Å²) in [5.41, 5.74) is 2.55. The highest BCUT2D eigenvalue weighted by molar-refractivity contribution is 14.0. The Morgan fingerprint density at radius 3 is 2.88 bits per heavy atom. The van der Waals surface area contributed by atoms with Gasteiger partial charge in [-0.15, -0.1) is 35.3 Å². The number of nitrogens with zero attached hydrogens (tertiary/aromatic N) is 2. The average molecular weight is 457 g/mol. The van der Waals surface area contributed by atoms with E-state index in [9.17, 15) is 0 Å². The minimum absolute atomic E-state index is 0. The van der Waals surface area contributed by atoms with Gasteiger partial charge >= 0.3 is 0 Å². The fraction of sp³-hybridized carbons (Fsp3) is 0.389. The van der Waals surface area contributed by atoms with Crippen LogP contribution in [0.1, 0.15) is 22.1 Å². The largest absolute Gasteiger partial charge is 0.370 e. The topological polar surface area (TPSA) is 36.9 Å².